The number of nitrogens with zero attached hydrogens (tertiary/aromatic N) is 1. The lowest BCUT2D eigenvalue weighted by molar-refractivity contribution is -0.173. The van der Waals surface area contributed by atoms with E-state index in [1.165, 1.54) is 6.21 Å². The summed E-state index contributed by atoms with van der Waals surface area (Å²) < 4.78 is 34.8. The number of allylic oxidation sites excluding steroid dienone is 2. The van der Waals surface area contributed by atoms with Crippen LogP contribution in [0.4, 0.5) is 13.2 Å². The summed E-state index contributed by atoms with van der Waals surface area (Å²) in [4.78, 5) is 4.10. The van der Waals surface area contributed by atoms with E-state index >= 15 is 0 Å². The number of halogens is 3. The molecule has 0 aromatic carbocycles. The Morgan fingerprint density at radius 2 is 2.21 bits per heavy atom. The lowest BCUT2D eigenvalue weighted by atomic mass is 10.0. The van der Waals surface area contributed by atoms with Crippen molar-refractivity contribution in [1.29, 1.82) is 0 Å². The lowest BCUT2D eigenvalue weighted by Crippen LogP contribution is -2.14. The maximum atomic E-state index is 11.6. The van der Waals surface area contributed by atoms with Gasteiger partial charge < -0.3 is 4.84 Å². The zero-order chi connectivity index (χ0) is 10.4. The fraction of sp³-hybridized carbons (Fsp3) is 0.667. The van der Waals surface area contributed by atoms with Crippen LogP contribution in [0, 0.1) is 0 Å². The maximum absolute atomic E-state index is 11.6. The van der Waals surface area contributed by atoms with E-state index in [1.54, 1.807) is 0 Å². The Bertz CT molecular complexity index is 233. The van der Waals surface area contributed by atoms with Crippen molar-refractivity contribution in [2.24, 2.45) is 5.16 Å². The molecule has 1 aliphatic carbocycles. The summed E-state index contributed by atoms with van der Waals surface area (Å²) in [7, 11) is 0. The molecule has 0 heterocycles. The van der Waals surface area contributed by atoms with Crippen molar-refractivity contribution < 1.29 is 18.0 Å². The first-order valence-electron chi connectivity index (χ1n) is 4.49. The quantitative estimate of drug-likeness (QED) is 0.514. The normalized spacial score (nSPS) is 18.4. The summed E-state index contributed by atoms with van der Waals surface area (Å²) in [6.45, 7) is -1.32. The second-order valence-electron chi connectivity index (χ2n) is 3.15. The van der Waals surface area contributed by atoms with Crippen LogP contribution in [0.15, 0.2) is 16.8 Å². The summed E-state index contributed by atoms with van der Waals surface area (Å²) in [6.07, 6.45) is 3.09. The zero-order valence-electron chi connectivity index (χ0n) is 7.68. The number of hydrogen-bond donors (Lipinski definition) is 0. The van der Waals surface area contributed by atoms with E-state index in [0.29, 0.717) is 0 Å². The van der Waals surface area contributed by atoms with E-state index in [4.69, 9.17) is 0 Å². The fourth-order valence-electron chi connectivity index (χ4n) is 1.20. The van der Waals surface area contributed by atoms with E-state index in [2.05, 4.69) is 9.99 Å². The first-order chi connectivity index (χ1) is 6.58. The first kappa shape index (κ1) is 11.1. The highest BCUT2D eigenvalue weighted by atomic mass is 19.4. The van der Waals surface area contributed by atoms with Crippen molar-refractivity contribution in [3.05, 3.63) is 11.6 Å². The van der Waals surface area contributed by atoms with Crippen molar-refractivity contribution >= 4 is 6.21 Å². The minimum Gasteiger partial charge on any atom is -0.386 e. The number of hydrogen-bond acceptors (Lipinski definition) is 2. The Morgan fingerprint density at radius 3 is 2.79 bits per heavy atom. The molecule has 0 radical (unpaired) electrons. The fourth-order valence-corrected chi connectivity index (χ4v) is 1.20. The highest BCUT2D eigenvalue weighted by molar-refractivity contribution is 5.78. The van der Waals surface area contributed by atoms with Gasteiger partial charge in [0.05, 0.1) is 6.21 Å². The van der Waals surface area contributed by atoms with Crippen LogP contribution in [0.1, 0.15) is 25.7 Å². The Balaban J connectivity index is 2.23. The van der Waals surface area contributed by atoms with Gasteiger partial charge in [0.25, 0.3) is 0 Å². The second kappa shape index (κ2) is 5.02. The van der Waals surface area contributed by atoms with Crippen molar-refractivity contribution in [3.63, 3.8) is 0 Å². The van der Waals surface area contributed by atoms with Crippen LogP contribution in [0.3, 0.4) is 0 Å². The molecule has 0 saturated carbocycles. The van der Waals surface area contributed by atoms with E-state index in [1.807, 2.05) is 6.08 Å². The van der Waals surface area contributed by atoms with Gasteiger partial charge in [0, 0.05) is 0 Å². The third-order valence-electron chi connectivity index (χ3n) is 1.85. The SMILES string of the molecule is FC(F)(F)CON=CC1=CCCCC1. The van der Waals surface area contributed by atoms with Gasteiger partial charge in [-0.25, -0.2) is 0 Å². The van der Waals surface area contributed by atoms with Crippen LogP contribution < -0.4 is 0 Å². The lowest BCUT2D eigenvalue weighted by Gasteiger charge is -2.07. The number of oxime groups is 1. The molecule has 80 valence electrons. The minimum atomic E-state index is -4.31. The van der Waals surface area contributed by atoms with Crippen LogP contribution >= 0.6 is 0 Å². The van der Waals surface area contributed by atoms with Crippen molar-refractivity contribution in [1.82, 2.24) is 0 Å². The van der Waals surface area contributed by atoms with Gasteiger partial charge in [0.1, 0.15) is 0 Å². The van der Waals surface area contributed by atoms with Crippen LogP contribution in [0.5, 0.6) is 0 Å². The van der Waals surface area contributed by atoms with Crippen molar-refractivity contribution in [3.8, 4) is 0 Å². The Morgan fingerprint density at radius 1 is 1.43 bits per heavy atom. The first-order valence-corrected chi connectivity index (χ1v) is 4.49. The van der Waals surface area contributed by atoms with Gasteiger partial charge in [0.15, 0.2) is 0 Å². The van der Waals surface area contributed by atoms with Gasteiger partial charge >= 0.3 is 6.18 Å². The van der Waals surface area contributed by atoms with Gasteiger partial charge in [-0.05, 0) is 31.3 Å². The molecule has 5 heteroatoms. The van der Waals surface area contributed by atoms with Crippen LogP contribution in [0.25, 0.3) is 0 Å². The minimum absolute atomic E-state index is 0.874. The molecule has 14 heavy (non-hydrogen) atoms. The molecule has 0 atom stereocenters. The molecule has 1 aliphatic rings. The summed E-state index contributed by atoms with van der Waals surface area (Å²) in [6, 6.07) is 0. The summed E-state index contributed by atoms with van der Waals surface area (Å²) >= 11 is 0. The van der Waals surface area contributed by atoms with Gasteiger partial charge in [-0.2, -0.15) is 13.2 Å². The highest BCUT2D eigenvalue weighted by Gasteiger charge is 2.28. The Kier molecular flexibility index (Phi) is 3.98. The number of rotatable bonds is 3. The average Bonchev–Trinajstić information content (AvgIpc) is 2.13. The molecular formula is C9H12F3NO. The van der Waals surface area contributed by atoms with E-state index in [-0.39, 0.29) is 0 Å². The Labute approximate surface area is 80.4 Å². The molecule has 0 saturated heterocycles. The molecule has 0 aromatic rings. The molecule has 2 nitrogen and oxygen atoms in total. The van der Waals surface area contributed by atoms with E-state index in [0.717, 1.165) is 31.3 Å². The van der Waals surface area contributed by atoms with E-state index < -0.39 is 12.8 Å². The highest BCUT2D eigenvalue weighted by Crippen LogP contribution is 2.16. The summed E-state index contributed by atoms with van der Waals surface area (Å²) in [5.74, 6) is 0. The van der Waals surface area contributed by atoms with Crippen LogP contribution in [0.2, 0.25) is 0 Å². The predicted octanol–water partition coefficient (Wildman–Crippen LogP) is 3.05. The van der Waals surface area contributed by atoms with Crippen LogP contribution in [-0.2, 0) is 4.84 Å². The smallest absolute Gasteiger partial charge is 0.386 e. The third kappa shape index (κ3) is 4.89. The molecule has 0 N–H and O–H groups in total. The summed E-state index contributed by atoms with van der Waals surface area (Å²) in [5, 5.41) is 3.27. The Hall–Kier alpha value is -1.00. The standard InChI is InChI=1S/C9H12F3NO/c10-9(11,12)7-14-13-6-8-4-2-1-3-5-8/h4,6H,1-3,5,7H2. The maximum Gasteiger partial charge on any atom is 0.425 e. The molecule has 0 aliphatic heterocycles. The second-order valence-corrected chi connectivity index (χ2v) is 3.15. The largest absolute Gasteiger partial charge is 0.425 e. The number of alkyl halides is 3. The molecule has 0 unspecified atom stereocenters. The average molecular weight is 207 g/mol. The van der Waals surface area contributed by atoms with Gasteiger partial charge in [-0.15, -0.1) is 0 Å². The molecular weight excluding hydrogens is 195 g/mol. The third-order valence-corrected chi connectivity index (χ3v) is 1.85. The molecule has 1 rings (SSSR count). The van der Waals surface area contributed by atoms with Crippen LogP contribution in [-0.4, -0.2) is 19.0 Å². The molecule has 0 spiro atoms. The molecule has 0 bridgehead atoms. The predicted molar refractivity (Wildman–Crippen MR) is 47.1 cm³/mol. The monoisotopic (exact) mass is 207 g/mol. The molecule has 0 aromatic heterocycles. The summed E-state index contributed by atoms with van der Waals surface area (Å²) in [5.41, 5.74) is 0.957. The van der Waals surface area contributed by atoms with Gasteiger partial charge in [0.2, 0.25) is 6.61 Å². The molecule has 0 amide bonds. The van der Waals surface area contributed by atoms with Crippen molar-refractivity contribution in [2.45, 2.75) is 31.9 Å². The van der Waals surface area contributed by atoms with Gasteiger partial charge in [-0.1, -0.05) is 11.2 Å². The van der Waals surface area contributed by atoms with E-state index in [9.17, 15) is 13.2 Å². The van der Waals surface area contributed by atoms with Gasteiger partial charge in [-0.3, -0.25) is 0 Å². The topological polar surface area (TPSA) is 21.6 Å². The zero-order valence-corrected chi connectivity index (χ0v) is 7.68. The molecule has 0 fully saturated rings. The van der Waals surface area contributed by atoms with Crippen molar-refractivity contribution in [2.75, 3.05) is 6.61 Å².